The van der Waals surface area contributed by atoms with Gasteiger partial charge in [-0.05, 0) is 44.4 Å². The van der Waals surface area contributed by atoms with Crippen molar-refractivity contribution in [3.8, 4) is 0 Å². The van der Waals surface area contributed by atoms with Gasteiger partial charge in [0.25, 0.3) is 0 Å². The molecule has 26 heavy (non-hydrogen) atoms. The van der Waals surface area contributed by atoms with Crippen LogP contribution in [0.3, 0.4) is 0 Å². The second kappa shape index (κ2) is 8.77. The second-order valence-corrected chi connectivity index (χ2v) is 10.9. The van der Waals surface area contributed by atoms with Crippen molar-refractivity contribution in [2.24, 2.45) is 17.8 Å². The molecule has 0 aromatic heterocycles. The van der Waals surface area contributed by atoms with Gasteiger partial charge in [-0.1, -0.05) is 0 Å². The van der Waals surface area contributed by atoms with Gasteiger partial charge < -0.3 is 9.63 Å². The van der Waals surface area contributed by atoms with Gasteiger partial charge in [-0.25, -0.2) is 9.76 Å². The zero-order chi connectivity index (χ0) is 18.8. The highest BCUT2D eigenvalue weighted by molar-refractivity contribution is 7.54. The Kier molecular flexibility index (Phi) is 7.10. The van der Waals surface area contributed by atoms with Gasteiger partial charge in [-0.2, -0.15) is 0 Å². The zero-order valence-corrected chi connectivity index (χ0v) is 17.4. The first-order valence-electron chi connectivity index (χ1n) is 9.52. The minimum absolute atomic E-state index is 0.223. The molecule has 5 aliphatic rings. The van der Waals surface area contributed by atoms with Crippen LogP contribution >= 0.6 is 30.9 Å². The molecule has 9 heteroatoms. The number of rotatable bonds is 5. The summed E-state index contributed by atoms with van der Waals surface area (Å²) >= 11 is 11.1. The van der Waals surface area contributed by atoms with E-state index >= 15 is 0 Å². The molecular formula is C17H29Cl2N2O4P. The number of Topliss-reactive ketones (excluding diaryl/α,β-unsaturated/α-hetero) is 1. The first kappa shape index (κ1) is 21.0. The minimum Gasteiger partial charge on any atom is -0.390 e. The van der Waals surface area contributed by atoms with Gasteiger partial charge in [0.05, 0.1) is 12.2 Å². The van der Waals surface area contributed by atoms with Crippen molar-refractivity contribution in [3.05, 3.63) is 0 Å². The molecule has 0 aromatic rings. The number of nitrogens with one attached hydrogen (secondary N) is 1. The summed E-state index contributed by atoms with van der Waals surface area (Å²) < 4.78 is 19.2. The monoisotopic (exact) mass is 426 g/mol. The molecule has 3 atom stereocenters. The van der Waals surface area contributed by atoms with Crippen LogP contribution in [0.25, 0.3) is 0 Å². The molecule has 2 N–H and O–H groups in total. The average molecular weight is 427 g/mol. The number of alkyl halides is 2. The number of carbonyl (C=O) groups is 1. The van der Waals surface area contributed by atoms with Crippen LogP contribution in [-0.2, 0) is 13.9 Å². The molecule has 3 unspecified atom stereocenters. The third-order valence-electron chi connectivity index (χ3n) is 5.91. The summed E-state index contributed by atoms with van der Waals surface area (Å²) in [6.45, 7) is 2.36. The van der Waals surface area contributed by atoms with Crippen LogP contribution in [0, 0.1) is 17.8 Å². The lowest BCUT2D eigenvalue weighted by Crippen LogP contribution is -2.54. The number of hydrogen-bond acceptors (Lipinski definition) is 4. The molecule has 1 saturated heterocycles. The molecule has 4 saturated carbocycles. The third kappa shape index (κ3) is 4.65. The van der Waals surface area contributed by atoms with E-state index in [1.165, 1.54) is 0 Å². The minimum atomic E-state index is -2.84. The van der Waals surface area contributed by atoms with E-state index in [2.05, 4.69) is 5.09 Å². The van der Waals surface area contributed by atoms with Gasteiger partial charge in [0.1, 0.15) is 5.78 Å². The summed E-state index contributed by atoms with van der Waals surface area (Å²) in [5.74, 6) is 2.43. The number of hydrogen-bond donors (Lipinski definition) is 2. The summed E-state index contributed by atoms with van der Waals surface area (Å²) in [6, 6.07) is 0. The number of nitrogens with zero attached hydrogens (tertiary/aromatic N) is 1. The van der Waals surface area contributed by atoms with Gasteiger partial charge >= 0.3 is 7.67 Å². The first-order chi connectivity index (χ1) is 12.4. The van der Waals surface area contributed by atoms with E-state index in [1.54, 1.807) is 4.67 Å². The van der Waals surface area contributed by atoms with E-state index in [0.717, 1.165) is 45.1 Å². The smallest absolute Gasteiger partial charge is 0.343 e. The first-order valence-corrected chi connectivity index (χ1v) is 12.2. The third-order valence-corrected chi connectivity index (χ3v) is 8.57. The Morgan fingerprint density at radius 3 is 2.50 bits per heavy atom. The average Bonchev–Trinajstić information content (AvgIpc) is 2.59. The molecule has 0 aromatic carbocycles. The predicted octanol–water partition coefficient (Wildman–Crippen LogP) is 3.01. The van der Waals surface area contributed by atoms with Gasteiger partial charge in [-0.15, -0.1) is 23.2 Å². The molecule has 6 nitrogen and oxygen atoms in total. The highest BCUT2D eigenvalue weighted by Gasteiger charge is 2.54. The van der Waals surface area contributed by atoms with E-state index in [0.29, 0.717) is 43.2 Å². The van der Waals surface area contributed by atoms with Crippen LogP contribution in [0.15, 0.2) is 0 Å². The SMILES string of the molecule is O=C1C2CC3CC1CC(O)(C3)C2.O=P1(NCCCl)OCCCN1CCCl. The van der Waals surface area contributed by atoms with Gasteiger partial charge in [0.15, 0.2) is 0 Å². The molecule has 0 spiro atoms. The van der Waals surface area contributed by atoms with Gasteiger partial charge in [0.2, 0.25) is 0 Å². The molecule has 5 fully saturated rings. The van der Waals surface area contributed by atoms with Crippen LogP contribution in [0.2, 0.25) is 0 Å². The summed E-state index contributed by atoms with van der Waals surface area (Å²) in [4.78, 5) is 11.6. The van der Waals surface area contributed by atoms with Crippen molar-refractivity contribution in [1.82, 2.24) is 9.76 Å². The second-order valence-electron chi connectivity index (χ2n) is 7.92. The quantitative estimate of drug-likeness (QED) is 0.519. The normalized spacial score (nSPS) is 41.8. The van der Waals surface area contributed by atoms with Crippen molar-refractivity contribution in [1.29, 1.82) is 0 Å². The molecule has 4 bridgehead atoms. The van der Waals surface area contributed by atoms with Crippen molar-refractivity contribution in [3.63, 3.8) is 0 Å². The fraction of sp³-hybridized carbons (Fsp3) is 0.941. The topological polar surface area (TPSA) is 78.9 Å². The Morgan fingerprint density at radius 2 is 1.92 bits per heavy atom. The van der Waals surface area contributed by atoms with Crippen LogP contribution < -0.4 is 5.09 Å². The Labute approximate surface area is 165 Å². The van der Waals surface area contributed by atoms with E-state index in [9.17, 15) is 14.5 Å². The van der Waals surface area contributed by atoms with E-state index in [-0.39, 0.29) is 11.8 Å². The van der Waals surface area contributed by atoms with E-state index in [4.69, 9.17) is 27.7 Å². The molecular weight excluding hydrogens is 398 g/mol. The van der Waals surface area contributed by atoms with Gasteiger partial charge in [-0.3, -0.25) is 9.36 Å². The zero-order valence-electron chi connectivity index (χ0n) is 15.0. The summed E-state index contributed by atoms with van der Waals surface area (Å²) in [5, 5.41) is 12.9. The molecule has 1 heterocycles. The maximum Gasteiger partial charge on any atom is 0.343 e. The van der Waals surface area contributed by atoms with Gasteiger partial charge in [0, 0.05) is 43.2 Å². The van der Waals surface area contributed by atoms with Crippen LogP contribution in [0.1, 0.15) is 38.5 Å². The Bertz CT molecular complexity index is 545. The summed E-state index contributed by atoms with van der Waals surface area (Å²) in [6.07, 6.45) is 5.52. The molecule has 0 radical (unpaired) electrons. The highest BCUT2D eigenvalue weighted by Crippen LogP contribution is 2.53. The fourth-order valence-corrected chi connectivity index (χ4v) is 7.57. The number of aliphatic hydroxyl groups is 1. The molecule has 5 rings (SSSR count). The number of carbonyl (C=O) groups excluding carboxylic acids is 1. The standard InChI is InChI=1S/C10H14O2.C7H15Cl2N2O2P/c11-9-7-1-6-2-8(9)5-10(12,3-6)4-7;8-2-4-10-14(12)11(6-3-9)5-1-7-13-14/h6-8,12H,1-5H2;1-7H2,(H,10,12). The number of halogens is 2. The Hall–Kier alpha value is 0.320. The fourth-order valence-electron chi connectivity index (χ4n) is 5.02. The van der Waals surface area contributed by atoms with Crippen molar-refractivity contribution < 1.29 is 19.0 Å². The van der Waals surface area contributed by atoms with Crippen molar-refractivity contribution in [2.75, 3.05) is 38.0 Å². The van der Waals surface area contributed by atoms with E-state index < -0.39 is 13.3 Å². The van der Waals surface area contributed by atoms with Crippen molar-refractivity contribution >= 4 is 36.7 Å². The molecule has 150 valence electrons. The maximum atomic E-state index is 12.2. The predicted molar refractivity (Wildman–Crippen MR) is 103 cm³/mol. The lowest BCUT2D eigenvalue weighted by Gasteiger charge is -2.53. The highest BCUT2D eigenvalue weighted by atomic mass is 35.5. The van der Waals surface area contributed by atoms with E-state index in [1.807, 2.05) is 0 Å². The molecule has 1 aliphatic heterocycles. The van der Waals surface area contributed by atoms with Crippen molar-refractivity contribution in [2.45, 2.75) is 44.1 Å². The van der Waals surface area contributed by atoms with Crippen LogP contribution in [0.5, 0.6) is 0 Å². The lowest BCUT2D eigenvalue weighted by atomic mass is 9.54. The van der Waals surface area contributed by atoms with Crippen LogP contribution in [-0.4, -0.2) is 59.2 Å². The van der Waals surface area contributed by atoms with Crippen LogP contribution in [0.4, 0.5) is 0 Å². The molecule has 0 amide bonds. The summed E-state index contributed by atoms with van der Waals surface area (Å²) in [7, 11) is -2.84. The molecule has 4 aliphatic carbocycles. The maximum absolute atomic E-state index is 12.2. The largest absolute Gasteiger partial charge is 0.390 e. The Balaban J connectivity index is 0.000000152. The Morgan fingerprint density at radius 1 is 1.23 bits per heavy atom. The number of ketones is 1. The summed E-state index contributed by atoms with van der Waals surface area (Å²) in [5.41, 5.74) is -0.440. The lowest BCUT2D eigenvalue weighted by molar-refractivity contribution is -0.161.